The molecule has 0 heterocycles. The molecule has 3 N–H and O–H groups in total. The summed E-state index contributed by atoms with van der Waals surface area (Å²) in [6.45, 7) is 0. The first-order valence-electron chi connectivity index (χ1n) is 5.92. The van der Waals surface area contributed by atoms with E-state index in [4.69, 9.17) is 11.5 Å². The molecule has 4 heteroatoms. The highest BCUT2D eigenvalue weighted by molar-refractivity contribution is 5.66. The van der Waals surface area contributed by atoms with Gasteiger partial charge in [0.2, 0.25) is 0 Å². The molecule has 0 aliphatic heterocycles. The smallest absolute Gasteiger partial charge is 0.303 e. The van der Waals surface area contributed by atoms with Crippen molar-refractivity contribution in [2.75, 3.05) is 0 Å². The second-order valence-electron chi connectivity index (χ2n) is 3.81. The van der Waals surface area contributed by atoms with Gasteiger partial charge in [0, 0.05) is 12.8 Å². The maximum atomic E-state index is 10.2. The lowest BCUT2D eigenvalue weighted by atomic mass is 10.1. The number of aliphatic hydroxyl groups excluding tert-OH is 2. The molecule has 0 aromatic heterocycles. The fraction of sp³-hybridized carbons (Fsp3) is 0.400. The summed E-state index contributed by atoms with van der Waals surface area (Å²) in [7, 11) is 0. The molecule has 0 aromatic carbocycles. The fourth-order valence-electron chi connectivity index (χ4n) is 1.15. The van der Waals surface area contributed by atoms with Crippen LogP contribution in [0.2, 0.25) is 0 Å². The topological polar surface area (TPSA) is 77.8 Å². The van der Waals surface area contributed by atoms with Gasteiger partial charge in [-0.1, -0.05) is 30.1 Å². The number of aliphatic hydroxyl groups is 2. The minimum atomic E-state index is -0.879. The molecule has 2 atom stereocenters. The third kappa shape index (κ3) is 12.2. The lowest BCUT2D eigenvalue weighted by Gasteiger charge is -1.99. The number of hydrogen-bond donors (Lipinski definition) is 3. The second-order valence-corrected chi connectivity index (χ2v) is 3.81. The van der Waals surface area contributed by atoms with E-state index in [1.54, 1.807) is 18.2 Å². The van der Waals surface area contributed by atoms with Crippen LogP contribution >= 0.6 is 0 Å². The zero-order chi connectivity index (χ0) is 14.5. The summed E-state index contributed by atoms with van der Waals surface area (Å²) in [4.78, 5) is 10.2. The predicted octanol–water partition coefficient (Wildman–Crippen LogP) is 1.10. The van der Waals surface area contributed by atoms with Gasteiger partial charge in [0.25, 0.3) is 0 Å². The zero-order valence-electron chi connectivity index (χ0n) is 10.6. The molecule has 0 fully saturated rings. The number of terminal acetylenes is 1. The highest BCUT2D eigenvalue weighted by Gasteiger charge is 2.01. The Hall–Kier alpha value is -2.01. The molecule has 0 amide bonds. The quantitative estimate of drug-likeness (QED) is 0.474. The van der Waals surface area contributed by atoms with Crippen LogP contribution in [0.4, 0.5) is 0 Å². The molecular formula is C15H18O4. The monoisotopic (exact) mass is 262 g/mol. The van der Waals surface area contributed by atoms with E-state index in [-0.39, 0.29) is 12.8 Å². The van der Waals surface area contributed by atoms with Gasteiger partial charge in [0.05, 0.1) is 6.10 Å². The molecule has 0 saturated carbocycles. The number of aliphatic carboxylic acids is 1. The van der Waals surface area contributed by atoms with Crippen LogP contribution in [-0.4, -0.2) is 33.5 Å². The molecule has 4 nitrogen and oxygen atoms in total. The molecule has 0 radical (unpaired) electrons. The van der Waals surface area contributed by atoms with E-state index in [9.17, 15) is 15.0 Å². The lowest BCUT2D eigenvalue weighted by molar-refractivity contribution is -0.137. The largest absolute Gasteiger partial charge is 0.481 e. The van der Waals surface area contributed by atoms with E-state index in [1.165, 1.54) is 6.08 Å². The van der Waals surface area contributed by atoms with Crippen LogP contribution < -0.4 is 0 Å². The van der Waals surface area contributed by atoms with Gasteiger partial charge >= 0.3 is 5.97 Å². The van der Waals surface area contributed by atoms with Gasteiger partial charge in [-0.2, -0.15) is 0 Å². The highest BCUT2D eigenvalue weighted by atomic mass is 16.4. The van der Waals surface area contributed by atoms with Crippen molar-refractivity contribution in [3.63, 3.8) is 0 Å². The summed E-state index contributed by atoms with van der Waals surface area (Å²) in [6, 6.07) is 0. The Bertz CT molecular complexity index is 418. The third-order valence-corrected chi connectivity index (χ3v) is 2.07. The van der Waals surface area contributed by atoms with Crippen molar-refractivity contribution >= 4 is 5.97 Å². The molecule has 0 aliphatic carbocycles. The first-order chi connectivity index (χ1) is 9.06. The minimum absolute atomic E-state index is 0.0321. The van der Waals surface area contributed by atoms with Gasteiger partial charge < -0.3 is 15.3 Å². The molecule has 0 saturated heterocycles. The van der Waals surface area contributed by atoms with Crippen molar-refractivity contribution in [2.45, 2.75) is 37.9 Å². The van der Waals surface area contributed by atoms with Crippen molar-refractivity contribution in [2.24, 2.45) is 0 Å². The fourth-order valence-corrected chi connectivity index (χ4v) is 1.15. The minimum Gasteiger partial charge on any atom is -0.481 e. The predicted molar refractivity (Wildman–Crippen MR) is 73.0 cm³/mol. The molecule has 0 unspecified atom stereocenters. The summed E-state index contributed by atoms with van der Waals surface area (Å²) in [5, 5.41) is 27.1. The van der Waals surface area contributed by atoms with Gasteiger partial charge in [-0.05, 0) is 18.9 Å². The maximum absolute atomic E-state index is 10.2. The molecule has 0 aromatic rings. The van der Waals surface area contributed by atoms with E-state index in [0.717, 1.165) is 0 Å². The number of rotatable bonds is 7. The van der Waals surface area contributed by atoms with Gasteiger partial charge in [0.15, 0.2) is 0 Å². The molecule has 19 heavy (non-hydrogen) atoms. The summed E-state index contributed by atoms with van der Waals surface area (Å²) >= 11 is 0. The van der Waals surface area contributed by atoms with E-state index in [1.807, 2.05) is 0 Å². The summed E-state index contributed by atoms with van der Waals surface area (Å²) in [6.07, 6.45) is 10.9. The normalized spacial score (nSPS) is 13.7. The van der Waals surface area contributed by atoms with Gasteiger partial charge in [-0.3, -0.25) is 4.79 Å². The van der Waals surface area contributed by atoms with E-state index in [2.05, 4.69) is 17.8 Å². The van der Waals surface area contributed by atoms with Crippen molar-refractivity contribution in [1.82, 2.24) is 0 Å². The van der Waals surface area contributed by atoms with Crippen molar-refractivity contribution < 1.29 is 20.1 Å². The first kappa shape index (κ1) is 17.0. The summed E-state index contributed by atoms with van der Waals surface area (Å²) in [5.74, 6) is 6.65. The lowest BCUT2D eigenvalue weighted by Crippen LogP contribution is -2.04. The van der Waals surface area contributed by atoms with Crippen LogP contribution in [0.3, 0.4) is 0 Å². The van der Waals surface area contributed by atoms with Crippen LogP contribution in [-0.2, 0) is 4.79 Å². The van der Waals surface area contributed by atoms with Gasteiger partial charge in [-0.25, -0.2) is 0 Å². The van der Waals surface area contributed by atoms with Crippen LogP contribution in [0.1, 0.15) is 25.7 Å². The highest BCUT2D eigenvalue weighted by Crippen LogP contribution is 1.99. The third-order valence-electron chi connectivity index (χ3n) is 2.07. The Morgan fingerprint density at radius 1 is 1.32 bits per heavy atom. The summed E-state index contributed by atoms with van der Waals surface area (Å²) in [5.41, 5.74) is 0. The zero-order valence-corrected chi connectivity index (χ0v) is 10.6. The second kappa shape index (κ2) is 11.1. The van der Waals surface area contributed by atoms with Crippen LogP contribution in [0.25, 0.3) is 0 Å². The molecule has 102 valence electrons. The Morgan fingerprint density at radius 3 is 2.68 bits per heavy atom. The van der Waals surface area contributed by atoms with E-state index >= 15 is 0 Å². The number of hydrogen-bond acceptors (Lipinski definition) is 3. The SMILES string of the molecule is C#CC[C@@H](O)/C=C/C=C/C#C[C@H](O)CCCC(=O)O. The first-order valence-corrected chi connectivity index (χ1v) is 5.92. The van der Waals surface area contributed by atoms with Crippen LogP contribution in [0, 0.1) is 24.2 Å². The molecule has 0 spiro atoms. The molecule has 0 aliphatic rings. The number of allylic oxidation sites excluding steroid dienone is 3. The Labute approximate surface area is 113 Å². The molecular weight excluding hydrogens is 244 g/mol. The Morgan fingerprint density at radius 2 is 2.05 bits per heavy atom. The summed E-state index contributed by atoms with van der Waals surface area (Å²) < 4.78 is 0. The van der Waals surface area contributed by atoms with Crippen molar-refractivity contribution in [3.8, 4) is 24.2 Å². The average Bonchev–Trinajstić information content (AvgIpc) is 2.33. The van der Waals surface area contributed by atoms with Crippen LogP contribution in [0.15, 0.2) is 24.3 Å². The Kier molecular flexibility index (Phi) is 9.93. The standard InChI is InChI=1S/C15H18O4/c1-2-8-13(16)9-5-3-4-6-10-14(17)11-7-12-15(18)19/h1,3-5,9,13-14,16-17H,7-8,11-12H2,(H,18,19)/b4-3+,9-5+/t13-,14+/m1/s1. The maximum Gasteiger partial charge on any atom is 0.303 e. The van der Waals surface area contributed by atoms with Crippen LogP contribution in [0.5, 0.6) is 0 Å². The average molecular weight is 262 g/mol. The molecule has 0 bridgehead atoms. The number of carbonyl (C=O) groups is 1. The number of carboxylic acids is 1. The van der Waals surface area contributed by atoms with E-state index in [0.29, 0.717) is 12.8 Å². The van der Waals surface area contributed by atoms with E-state index < -0.39 is 18.2 Å². The van der Waals surface area contributed by atoms with Gasteiger partial charge in [-0.15, -0.1) is 12.3 Å². The van der Waals surface area contributed by atoms with Crippen molar-refractivity contribution in [3.05, 3.63) is 24.3 Å². The molecule has 0 rings (SSSR count). The number of carboxylic acid groups (broad SMARTS) is 1. The van der Waals surface area contributed by atoms with Gasteiger partial charge in [0.1, 0.15) is 6.10 Å². The van der Waals surface area contributed by atoms with Crippen molar-refractivity contribution in [1.29, 1.82) is 0 Å². The Balaban J connectivity index is 3.89.